The lowest BCUT2D eigenvalue weighted by Gasteiger charge is -2.13. The van der Waals surface area contributed by atoms with E-state index in [0.29, 0.717) is 12.1 Å². The first-order valence-electron chi connectivity index (χ1n) is 5.39. The van der Waals surface area contributed by atoms with E-state index < -0.39 is 34.8 Å². The van der Waals surface area contributed by atoms with Crippen LogP contribution in [0, 0.1) is 23.1 Å². The highest BCUT2D eigenvalue weighted by molar-refractivity contribution is 5.73. The summed E-state index contributed by atoms with van der Waals surface area (Å²) in [5.41, 5.74) is -2.58. The molecule has 0 aliphatic rings. The molecule has 1 N–H and O–H groups in total. The molecule has 8 heteroatoms. The highest BCUT2D eigenvalue weighted by atomic mass is 19.4. The highest BCUT2D eigenvalue weighted by Crippen LogP contribution is 2.42. The number of hydrogen-bond donors (Lipinski definition) is 1. The Labute approximate surface area is 114 Å². The minimum atomic E-state index is -4.91. The number of aromatic hydroxyl groups is 1. The third-order valence-electron chi connectivity index (χ3n) is 2.65. The molecule has 21 heavy (non-hydrogen) atoms. The Morgan fingerprint density at radius 2 is 1.81 bits per heavy atom. The van der Waals surface area contributed by atoms with E-state index in [1.54, 1.807) is 0 Å². The number of phenols is 1. The van der Waals surface area contributed by atoms with Crippen molar-refractivity contribution in [3.8, 4) is 22.9 Å². The van der Waals surface area contributed by atoms with Gasteiger partial charge in [-0.2, -0.15) is 22.8 Å². The van der Waals surface area contributed by atoms with Crippen LogP contribution < -0.4 is 0 Å². The number of nitrogens with zero attached hydrogens (tertiary/aromatic N) is 2. The van der Waals surface area contributed by atoms with Crippen molar-refractivity contribution in [2.75, 3.05) is 0 Å². The fourth-order valence-electron chi connectivity index (χ4n) is 1.70. The minimum Gasteiger partial charge on any atom is -0.507 e. The molecule has 0 aliphatic heterocycles. The Morgan fingerprint density at radius 1 is 1.14 bits per heavy atom. The van der Waals surface area contributed by atoms with E-state index in [-0.39, 0.29) is 11.1 Å². The monoisotopic (exact) mass is 300 g/mol. The standard InChI is InChI=1S/C13H5F5N2O/c14-10-3-7(5-20-12(10)15)8-1-6(4-19)2-9(11(8)21)13(16,17)18/h1-3,5,21H. The molecule has 0 saturated heterocycles. The summed E-state index contributed by atoms with van der Waals surface area (Å²) in [7, 11) is 0. The topological polar surface area (TPSA) is 56.9 Å². The maximum atomic E-state index is 13.1. The van der Waals surface area contributed by atoms with Crippen molar-refractivity contribution in [2.45, 2.75) is 6.18 Å². The molecule has 108 valence electrons. The molecule has 0 unspecified atom stereocenters. The summed E-state index contributed by atoms with van der Waals surface area (Å²) in [5.74, 6) is -4.00. The van der Waals surface area contributed by atoms with Gasteiger partial charge in [0.25, 0.3) is 0 Å². The predicted molar refractivity (Wildman–Crippen MR) is 61.0 cm³/mol. The SMILES string of the molecule is N#Cc1cc(-c2cnc(F)c(F)c2)c(O)c(C(F)(F)F)c1. The Morgan fingerprint density at radius 3 is 2.33 bits per heavy atom. The van der Waals surface area contributed by atoms with Crippen LogP contribution >= 0.6 is 0 Å². The fraction of sp³-hybridized carbons (Fsp3) is 0.0769. The fourth-order valence-corrected chi connectivity index (χ4v) is 1.70. The van der Waals surface area contributed by atoms with Gasteiger partial charge in [0, 0.05) is 17.3 Å². The Hall–Kier alpha value is -2.69. The lowest BCUT2D eigenvalue weighted by molar-refractivity contribution is -0.138. The summed E-state index contributed by atoms with van der Waals surface area (Å²) < 4.78 is 64.2. The van der Waals surface area contributed by atoms with Gasteiger partial charge in [-0.1, -0.05) is 0 Å². The molecule has 1 aromatic carbocycles. The van der Waals surface area contributed by atoms with Gasteiger partial charge >= 0.3 is 6.18 Å². The second-order valence-corrected chi connectivity index (χ2v) is 4.03. The van der Waals surface area contributed by atoms with Gasteiger partial charge in [-0.25, -0.2) is 9.37 Å². The number of aromatic nitrogens is 1. The van der Waals surface area contributed by atoms with E-state index in [1.807, 2.05) is 0 Å². The molecule has 1 aromatic heterocycles. The van der Waals surface area contributed by atoms with Crippen LogP contribution in [0.1, 0.15) is 11.1 Å². The second kappa shape index (κ2) is 5.01. The molecular formula is C13H5F5N2O. The summed E-state index contributed by atoms with van der Waals surface area (Å²) in [6.07, 6.45) is -4.15. The molecule has 0 fully saturated rings. The van der Waals surface area contributed by atoms with Crippen LogP contribution in [-0.2, 0) is 6.18 Å². The zero-order valence-corrected chi connectivity index (χ0v) is 10.0. The molecule has 0 saturated carbocycles. The molecule has 0 atom stereocenters. The van der Waals surface area contributed by atoms with Crippen molar-refractivity contribution in [2.24, 2.45) is 0 Å². The zero-order chi connectivity index (χ0) is 15.8. The van der Waals surface area contributed by atoms with E-state index in [2.05, 4.69) is 4.98 Å². The average Bonchev–Trinajstić information content (AvgIpc) is 2.41. The predicted octanol–water partition coefficient (Wildman–Crippen LogP) is 3.62. The molecule has 0 spiro atoms. The van der Waals surface area contributed by atoms with Crippen LogP contribution in [0.25, 0.3) is 11.1 Å². The number of nitriles is 1. The van der Waals surface area contributed by atoms with Crippen LogP contribution in [0.2, 0.25) is 0 Å². The van der Waals surface area contributed by atoms with E-state index >= 15 is 0 Å². The lowest BCUT2D eigenvalue weighted by Crippen LogP contribution is -2.06. The molecule has 0 bridgehead atoms. The molecular weight excluding hydrogens is 295 g/mol. The van der Waals surface area contributed by atoms with Gasteiger partial charge in [0.2, 0.25) is 5.95 Å². The normalized spacial score (nSPS) is 11.2. The number of pyridine rings is 1. The number of rotatable bonds is 1. The summed E-state index contributed by atoms with van der Waals surface area (Å²) in [4.78, 5) is 3.03. The van der Waals surface area contributed by atoms with Crippen molar-refractivity contribution < 1.29 is 27.1 Å². The van der Waals surface area contributed by atoms with E-state index in [9.17, 15) is 27.1 Å². The van der Waals surface area contributed by atoms with Crippen molar-refractivity contribution in [1.29, 1.82) is 5.26 Å². The van der Waals surface area contributed by atoms with Gasteiger partial charge in [0.15, 0.2) is 5.82 Å². The third-order valence-corrected chi connectivity index (χ3v) is 2.65. The Bertz CT molecular complexity index is 749. The molecule has 1 heterocycles. The highest BCUT2D eigenvalue weighted by Gasteiger charge is 2.35. The molecule has 3 nitrogen and oxygen atoms in total. The quantitative estimate of drug-likeness (QED) is 0.646. The van der Waals surface area contributed by atoms with E-state index in [1.165, 1.54) is 6.07 Å². The van der Waals surface area contributed by atoms with Gasteiger partial charge in [0.05, 0.1) is 17.2 Å². The van der Waals surface area contributed by atoms with Gasteiger partial charge < -0.3 is 5.11 Å². The van der Waals surface area contributed by atoms with E-state index in [0.717, 1.165) is 12.3 Å². The maximum absolute atomic E-state index is 13.1. The molecule has 0 amide bonds. The molecule has 0 radical (unpaired) electrons. The minimum absolute atomic E-state index is 0.283. The third kappa shape index (κ3) is 2.76. The summed E-state index contributed by atoms with van der Waals surface area (Å²) in [6.45, 7) is 0. The lowest BCUT2D eigenvalue weighted by atomic mass is 9.99. The van der Waals surface area contributed by atoms with Crippen molar-refractivity contribution in [3.05, 3.63) is 47.3 Å². The van der Waals surface area contributed by atoms with Gasteiger partial charge in [0.1, 0.15) is 5.75 Å². The van der Waals surface area contributed by atoms with Crippen molar-refractivity contribution in [3.63, 3.8) is 0 Å². The van der Waals surface area contributed by atoms with Crippen LogP contribution in [0.3, 0.4) is 0 Å². The zero-order valence-electron chi connectivity index (χ0n) is 10.0. The number of phenolic OH excluding ortho intramolecular Hbond substituents is 1. The number of alkyl halides is 3. The Balaban J connectivity index is 2.74. The van der Waals surface area contributed by atoms with E-state index in [4.69, 9.17) is 5.26 Å². The van der Waals surface area contributed by atoms with Gasteiger partial charge in [-0.3, -0.25) is 0 Å². The van der Waals surface area contributed by atoms with Gasteiger partial charge in [-0.15, -0.1) is 0 Å². The van der Waals surface area contributed by atoms with Crippen molar-refractivity contribution >= 4 is 0 Å². The first-order valence-corrected chi connectivity index (χ1v) is 5.39. The maximum Gasteiger partial charge on any atom is 0.420 e. The number of hydrogen-bond acceptors (Lipinski definition) is 3. The van der Waals surface area contributed by atoms with Gasteiger partial charge in [-0.05, 0) is 18.2 Å². The molecule has 2 rings (SSSR count). The van der Waals surface area contributed by atoms with Crippen LogP contribution in [0.15, 0.2) is 24.4 Å². The summed E-state index contributed by atoms with van der Waals surface area (Å²) in [5, 5.41) is 18.4. The van der Waals surface area contributed by atoms with Crippen LogP contribution in [-0.4, -0.2) is 10.1 Å². The molecule has 0 aliphatic carbocycles. The summed E-state index contributed by atoms with van der Waals surface area (Å²) >= 11 is 0. The first-order chi connectivity index (χ1) is 9.74. The summed E-state index contributed by atoms with van der Waals surface area (Å²) in [6, 6.07) is 3.48. The number of halogens is 5. The first kappa shape index (κ1) is 14.7. The Kier molecular flexibility index (Phi) is 3.51. The number of benzene rings is 1. The van der Waals surface area contributed by atoms with Crippen LogP contribution in [0.5, 0.6) is 5.75 Å². The second-order valence-electron chi connectivity index (χ2n) is 4.03. The average molecular weight is 300 g/mol. The molecule has 2 aromatic rings. The van der Waals surface area contributed by atoms with Crippen molar-refractivity contribution in [1.82, 2.24) is 4.98 Å². The smallest absolute Gasteiger partial charge is 0.420 e. The van der Waals surface area contributed by atoms with Crippen LogP contribution in [0.4, 0.5) is 22.0 Å². The largest absolute Gasteiger partial charge is 0.507 e.